The molecule has 3 rings (SSSR count). The van der Waals surface area contributed by atoms with Gasteiger partial charge >= 0.3 is 5.97 Å². The van der Waals surface area contributed by atoms with Crippen LogP contribution in [0, 0.1) is 0 Å². The minimum Gasteiger partial charge on any atom is -0.464 e. The Balaban J connectivity index is 2.01. The average molecular weight is 322 g/mol. The molecule has 0 spiro atoms. The highest BCUT2D eigenvalue weighted by molar-refractivity contribution is 6.05. The summed E-state index contributed by atoms with van der Waals surface area (Å²) >= 11 is 0. The van der Waals surface area contributed by atoms with Crippen LogP contribution in [0.25, 0.3) is 10.8 Å². The first kappa shape index (κ1) is 15.4. The van der Waals surface area contributed by atoms with Crippen LogP contribution in [0.4, 0.5) is 11.5 Å². The zero-order chi connectivity index (χ0) is 17.1. The molecule has 7 heteroatoms. The molecule has 0 saturated carbocycles. The van der Waals surface area contributed by atoms with Gasteiger partial charge in [-0.3, -0.25) is 4.79 Å². The molecule has 0 radical (unpaired) electrons. The van der Waals surface area contributed by atoms with E-state index in [1.54, 1.807) is 30.3 Å². The highest BCUT2D eigenvalue weighted by Gasteiger charge is 2.15. The first-order valence-electron chi connectivity index (χ1n) is 7.11. The number of primary amides is 1. The Bertz CT molecular complexity index is 923. The molecule has 0 aliphatic carbocycles. The first-order valence-corrected chi connectivity index (χ1v) is 7.11. The largest absolute Gasteiger partial charge is 0.464 e. The van der Waals surface area contributed by atoms with E-state index < -0.39 is 11.9 Å². The van der Waals surface area contributed by atoms with Gasteiger partial charge in [0.25, 0.3) is 0 Å². The lowest BCUT2D eigenvalue weighted by molar-refractivity contribution is 0.0595. The predicted molar refractivity (Wildman–Crippen MR) is 89.1 cm³/mol. The Morgan fingerprint density at radius 1 is 1.00 bits per heavy atom. The van der Waals surface area contributed by atoms with Crippen LogP contribution in [0.1, 0.15) is 20.8 Å². The maximum atomic E-state index is 11.8. The molecular weight excluding hydrogens is 308 g/mol. The third-order valence-electron chi connectivity index (χ3n) is 3.50. The van der Waals surface area contributed by atoms with Gasteiger partial charge in [-0.25, -0.2) is 4.79 Å². The summed E-state index contributed by atoms with van der Waals surface area (Å²) in [4.78, 5) is 22.9. The topological polar surface area (TPSA) is 107 Å². The van der Waals surface area contributed by atoms with Crippen LogP contribution in [-0.4, -0.2) is 29.2 Å². The number of esters is 1. The van der Waals surface area contributed by atoms with Crippen molar-refractivity contribution < 1.29 is 14.3 Å². The van der Waals surface area contributed by atoms with Crippen LogP contribution in [0.2, 0.25) is 0 Å². The number of hydrogen-bond donors (Lipinski definition) is 2. The summed E-state index contributed by atoms with van der Waals surface area (Å²) in [6, 6.07) is 13.9. The number of ether oxygens (including phenoxy) is 1. The van der Waals surface area contributed by atoms with Crippen LogP contribution in [-0.2, 0) is 4.74 Å². The molecular formula is C17H14N4O3. The molecule has 0 unspecified atom stereocenters. The molecule has 24 heavy (non-hydrogen) atoms. The number of hydrogen-bond acceptors (Lipinski definition) is 6. The minimum absolute atomic E-state index is 0.155. The smallest absolute Gasteiger partial charge is 0.359 e. The molecule has 3 N–H and O–H groups in total. The Hall–Kier alpha value is -3.48. The Morgan fingerprint density at radius 2 is 1.67 bits per heavy atom. The monoisotopic (exact) mass is 322 g/mol. The van der Waals surface area contributed by atoms with Gasteiger partial charge in [-0.15, -0.1) is 10.2 Å². The number of nitrogens with zero attached hydrogens (tertiary/aromatic N) is 2. The van der Waals surface area contributed by atoms with E-state index in [0.717, 1.165) is 5.39 Å². The number of fused-ring (bicyclic) bond motifs is 1. The summed E-state index contributed by atoms with van der Waals surface area (Å²) in [5.74, 6) is -0.546. The second kappa shape index (κ2) is 6.33. The standard InChI is InChI=1S/C17H14N4O3/c1-24-17(23)14-12-4-2-3-5-13(12)16(21-20-14)19-11-8-6-10(7-9-11)15(18)22/h2-9H,1H3,(H2,18,22)(H,19,21). The molecule has 0 bridgehead atoms. The van der Waals surface area contributed by atoms with Crippen molar-refractivity contribution in [1.82, 2.24) is 10.2 Å². The second-order valence-electron chi connectivity index (χ2n) is 5.00. The Kier molecular flexibility index (Phi) is 4.07. The number of nitrogens with two attached hydrogens (primary N) is 1. The number of aromatic nitrogens is 2. The van der Waals surface area contributed by atoms with E-state index in [2.05, 4.69) is 15.5 Å². The van der Waals surface area contributed by atoms with Gasteiger partial charge in [0.1, 0.15) is 0 Å². The summed E-state index contributed by atoms with van der Waals surface area (Å²) in [7, 11) is 1.30. The Labute approximate surface area is 137 Å². The molecule has 0 atom stereocenters. The molecule has 0 aliphatic rings. The molecule has 1 aromatic heterocycles. The normalized spacial score (nSPS) is 10.4. The van der Waals surface area contributed by atoms with Crippen LogP contribution in [0.3, 0.4) is 0 Å². The van der Waals surface area contributed by atoms with Gasteiger partial charge in [0.05, 0.1) is 7.11 Å². The maximum absolute atomic E-state index is 11.8. The van der Waals surface area contributed by atoms with E-state index in [4.69, 9.17) is 10.5 Å². The molecule has 7 nitrogen and oxygen atoms in total. The van der Waals surface area contributed by atoms with Crippen molar-refractivity contribution in [3.05, 3.63) is 59.8 Å². The summed E-state index contributed by atoms with van der Waals surface area (Å²) in [6.45, 7) is 0. The average Bonchev–Trinajstić information content (AvgIpc) is 2.62. The van der Waals surface area contributed by atoms with E-state index in [9.17, 15) is 9.59 Å². The van der Waals surface area contributed by atoms with Crippen molar-refractivity contribution in [1.29, 1.82) is 0 Å². The second-order valence-corrected chi connectivity index (χ2v) is 5.00. The molecule has 0 saturated heterocycles. The molecule has 2 aromatic carbocycles. The van der Waals surface area contributed by atoms with E-state index in [1.807, 2.05) is 18.2 Å². The summed E-state index contributed by atoms with van der Waals surface area (Å²) in [5.41, 5.74) is 6.51. The van der Waals surface area contributed by atoms with Gasteiger partial charge in [0.2, 0.25) is 5.91 Å². The molecule has 120 valence electrons. The van der Waals surface area contributed by atoms with Gasteiger partial charge in [0, 0.05) is 22.0 Å². The maximum Gasteiger partial charge on any atom is 0.359 e. The third kappa shape index (κ3) is 2.87. The van der Waals surface area contributed by atoms with Gasteiger partial charge in [0.15, 0.2) is 11.5 Å². The summed E-state index contributed by atoms with van der Waals surface area (Å²) < 4.78 is 4.73. The van der Waals surface area contributed by atoms with E-state index in [-0.39, 0.29) is 5.69 Å². The zero-order valence-corrected chi connectivity index (χ0v) is 12.8. The van der Waals surface area contributed by atoms with E-state index >= 15 is 0 Å². The fourth-order valence-corrected chi connectivity index (χ4v) is 2.30. The van der Waals surface area contributed by atoms with Gasteiger partial charge < -0.3 is 15.8 Å². The number of methoxy groups -OCH3 is 1. The third-order valence-corrected chi connectivity index (χ3v) is 3.50. The van der Waals surface area contributed by atoms with Crippen LogP contribution in [0.15, 0.2) is 48.5 Å². The quantitative estimate of drug-likeness (QED) is 0.713. The Morgan fingerprint density at radius 3 is 2.29 bits per heavy atom. The van der Waals surface area contributed by atoms with Crippen LogP contribution in [0.5, 0.6) is 0 Å². The van der Waals surface area contributed by atoms with E-state index in [1.165, 1.54) is 7.11 Å². The molecule has 0 aliphatic heterocycles. The number of anilines is 2. The molecule has 1 heterocycles. The number of rotatable bonds is 4. The predicted octanol–water partition coefficient (Wildman–Crippen LogP) is 2.26. The molecule has 0 fully saturated rings. The van der Waals surface area contributed by atoms with Gasteiger partial charge in [-0.05, 0) is 24.3 Å². The minimum atomic E-state index is -0.545. The number of carbonyl (C=O) groups is 2. The number of amides is 1. The highest BCUT2D eigenvalue weighted by atomic mass is 16.5. The molecule has 1 amide bonds. The van der Waals surface area contributed by atoms with Crippen molar-refractivity contribution in [2.45, 2.75) is 0 Å². The molecule has 3 aromatic rings. The van der Waals surface area contributed by atoms with Crippen molar-refractivity contribution in [3.63, 3.8) is 0 Å². The fraction of sp³-hybridized carbons (Fsp3) is 0.0588. The zero-order valence-electron chi connectivity index (χ0n) is 12.8. The number of benzene rings is 2. The van der Waals surface area contributed by atoms with Crippen LogP contribution >= 0.6 is 0 Å². The first-order chi connectivity index (χ1) is 11.6. The fourth-order valence-electron chi connectivity index (χ4n) is 2.30. The van der Waals surface area contributed by atoms with Crippen molar-refractivity contribution >= 4 is 34.2 Å². The highest BCUT2D eigenvalue weighted by Crippen LogP contribution is 2.26. The van der Waals surface area contributed by atoms with Gasteiger partial charge in [-0.2, -0.15) is 0 Å². The summed E-state index contributed by atoms with van der Waals surface area (Å²) in [6.07, 6.45) is 0. The van der Waals surface area contributed by atoms with Crippen molar-refractivity contribution in [2.75, 3.05) is 12.4 Å². The lowest BCUT2D eigenvalue weighted by atomic mass is 10.1. The number of nitrogens with one attached hydrogen (secondary N) is 1. The SMILES string of the molecule is COC(=O)c1nnc(Nc2ccc(C(N)=O)cc2)c2ccccc12. The summed E-state index contributed by atoms with van der Waals surface area (Å²) in [5, 5.41) is 12.5. The van der Waals surface area contributed by atoms with Gasteiger partial charge in [-0.1, -0.05) is 24.3 Å². The lowest BCUT2D eigenvalue weighted by Crippen LogP contribution is -2.10. The van der Waals surface area contributed by atoms with E-state index in [0.29, 0.717) is 22.5 Å². The van der Waals surface area contributed by atoms with Crippen molar-refractivity contribution in [3.8, 4) is 0 Å². The van der Waals surface area contributed by atoms with Crippen molar-refractivity contribution in [2.24, 2.45) is 5.73 Å². The lowest BCUT2D eigenvalue weighted by Gasteiger charge is -2.10. The number of carbonyl (C=O) groups excluding carboxylic acids is 2. The van der Waals surface area contributed by atoms with Crippen LogP contribution < -0.4 is 11.1 Å².